The molecule has 0 bridgehead atoms. The van der Waals surface area contributed by atoms with Crippen LogP contribution in [0, 0.1) is 17.7 Å². The molecule has 0 spiro atoms. The minimum absolute atomic E-state index is 0.0396. The molecule has 5 nitrogen and oxygen atoms in total. The highest BCUT2D eigenvalue weighted by atomic mass is 19.1. The molecule has 180 valence electrons. The predicted octanol–water partition coefficient (Wildman–Crippen LogP) is 7.29. The molecule has 34 heavy (non-hydrogen) atoms. The maximum Gasteiger partial charge on any atom is 0.145 e. The predicted molar refractivity (Wildman–Crippen MR) is 140 cm³/mol. The van der Waals surface area contributed by atoms with Crippen LogP contribution in [0.3, 0.4) is 0 Å². The van der Waals surface area contributed by atoms with Crippen molar-refractivity contribution in [3.05, 3.63) is 60.3 Å². The van der Waals surface area contributed by atoms with Crippen LogP contribution in [0.15, 0.2) is 59.5 Å². The van der Waals surface area contributed by atoms with Gasteiger partial charge in [-0.25, -0.2) is 14.4 Å². The Kier molecular flexibility index (Phi) is 8.37. The lowest BCUT2D eigenvalue weighted by molar-refractivity contribution is 0.419. The van der Waals surface area contributed by atoms with Crippen molar-refractivity contribution in [1.82, 2.24) is 9.97 Å². The van der Waals surface area contributed by atoms with Gasteiger partial charge in [0.1, 0.15) is 29.2 Å². The van der Waals surface area contributed by atoms with Gasteiger partial charge in [-0.1, -0.05) is 45.9 Å². The van der Waals surface area contributed by atoms with Crippen LogP contribution in [-0.4, -0.2) is 28.8 Å². The third kappa shape index (κ3) is 5.61. The molecule has 1 N–H and O–H groups in total. The first-order chi connectivity index (χ1) is 16.3. The molecule has 0 saturated heterocycles. The van der Waals surface area contributed by atoms with Gasteiger partial charge in [0.2, 0.25) is 0 Å². The van der Waals surface area contributed by atoms with Crippen LogP contribution in [-0.2, 0) is 0 Å². The molecule has 0 fully saturated rings. The van der Waals surface area contributed by atoms with E-state index in [0.717, 1.165) is 39.9 Å². The molecule has 0 aliphatic rings. The van der Waals surface area contributed by atoms with Crippen molar-refractivity contribution in [2.45, 2.75) is 54.0 Å². The smallest absolute Gasteiger partial charge is 0.145 e. The van der Waals surface area contributed by atoms with E-state index in [1.807, 2.05) is 19.1 Å². The molecule has 0 radical (unpaired) electrons. The number of allylic oxidation sites excluding steroid dienone is 2. The summed E-state index contributed by atoms with van der Waals surface area (Å²) in [6.07, 6.45) is 4.62. The van der Waals surface area contributed by atoms with E-state index >= 15 is 0 Å². The van der Waals surface area contributed by atoms with Crippen LogP contribution < -0.4 is 10.1 Å². The molecule has 0 aliphatic carbocycles. The van der Waals surface area contributed by atoms with E-state index in [0.29, 0.717) is 23.4 Å². The number of anilines is 1. The fraction of sp³-hybridized carbons (Fsp3) is 0.393. The third-order valence-electron chi connectivity index (χ3n) is 6.16. The Hall–Kier alpha value is -3.28. The Balaban J connectivity index is 2.08. The SMILES string of the molecule is C/C=C(\N=C(C(C)CC)C(C)Nc1ncnc2c(OC)cc(-c3ccc(F)cc3)cc12)C(C)C. The third-order valence-corrected chi connectivity index (χ3v) is 6.16. The Morgan fingerprint density at radius 2 is 1.79 bits per heavy atom. The number of halogens is 1. The summed E-state index contributed by atoms with van der Waals surface area (Å²) in [5, 5.41) is 4.42. The number of nitrogens with zero attached hydrogens (tertiary/aromatic N) is 3. The molecule has 0 saturated carbocycles. The lowest BCUT2D eigenvalue weighted by Gasteiger charge is -2.23. The highest BCUT2D eigenvalue weighted by Crippen LogP contribution is 2.34. The van der Waals surface area contributed by atoms with Crippen molar-refractivity contribution in [3.8, 4) is 16.9 Å². The quantitative estimate of drug-likeness (QED) is 0.339. The van der Waals surface area contributed by atoms with Crippen LogP contribution in [0.1, 0.15) is 48.0 Å². The van der Waals surface area contributed by atoms with Gasteiger partial charge in [-0.15, -0.1) is 0 Å². The molecule has 6 heteroatoms. The van der Waals surface area contributed by atoms with Gasteiger partial charge >= 0.3 is 0 Å². The summed E-state index contributed by atoms with van der Waals surface area (Å²) in [5.41, 5.74) is 4.69. The summed E-state index contributed by atoms with van der Waals surface area (Å²) in [6.45, 7) is 12.9. The normalized spacial score (nSPS) is 14.4. The molecule has 2 aromatic carbocycles. The van der Waals surface area contributed by atoms with Crippen molar-refractivity contribution in [2.24, 2.45) is 16.8 Å². The number of nitrogens with one attached hydrogen (secondary N) is 1. The van der Waals surface area contributed by atoms with Crippen LogP contribution in [0.5, 0.6) is 5.75 Å². The molecule has 1 heterocycles. The van der Waals surface area contributed by atoms with Crippen LogP contribution in [0.4, 0.5) is 10.2 Å². The number of aromatic nitrogens is 2. The number of hydrogen-bond donors (Lipinski definition) is 1. The molecular formula is C28H35FN4O. The van der Waals surface area contributed by atoms with E-state index in [1.54, 1.807) is 25.6 Å². The van der Waals surface area contributed by atoms with E-state index in [9.17, 15) is 4.39 Å². The largest absolute Gasteiger partial charge is 0.494 e. The van der Waals surface area contributed by atoms with Gasteiger partial charge < -0.3 is 10.1 Å². The fourth-order valence-corrected chi connectivity index (χ4v) is 4.01. The standard InChI is InChI=1S/C28H35FN4O/c1-8-18(5)26(33-24(9-2)17(3)4)19(6)32-28-23-14-21(20-10-12-22(29)13-11-20)15-25(34-7)27(23)30-16-31-28/h9-19H,8H2,1-7H3,(H,30,31,32)/b24-9-,33-26?. The van der Waals surface area contributed by atoms with E-state index < -0.39 is 0 Å². The van der Waals surface area contributed by atoms with Gasteiger partial charge in [-0.2, -0.15) is 0 Å². The van der Waals surface area contributed by atoms with Crippen molar-refractivity contribution in [2.75, 3.05) is 12.4 Å². The summed E-state index contributed by atoms with van der Waals surface area (Å²) < 4.78 is 19.1. The van der Waals surface area contributed by atoms with Gasteiger partial charge in [0.25, 0.3) is 0 Å². The Morgan fingerprint density at radius 3 is 2.38 bits per heavy atom. The second-order valence-electron chi connectivity index (χ2n) is 8.88. The number of hydrogen-bond acceptors (Lipinski definition) is 5. The number of aliphatic imine (C=N–C) groups is 1. The van der Waals surface area contributed by atoms with Gasteiger partial charge in [-0.05, 0) is 67.5 Å². The monoisotopic (exact) mass is 462 g/mol. The summed E-state index contributed by atoms with van der Waals surface area (Å²) in [4.78, 5) is 14.1. The molecule has 2 unspecified atom stereocenters. The first-order valence-electron chi connectivity index (χ1n) is 11.9. The molecule has 3 aromatic rings. The van der Waals surface area contributed by atoms with Crippen molar-refractivity contribution in [3.63, 3.8) is 0 Å². The Bertz CT molecular complexity index is 1180. The summed E-state index contributed by atoms with van der Waals surface area (Å²) in [7, 11) is 1.62. The van der Waals surface area contributed by atoms with Crippen LogP contribution in [0.25, 0.3) is 22.0 Å². The zero-order valence-electron chi connectivity index (χ0n) is 21.2. The molecule has 0 aliphatic heterocycles. The first kappa shape index (κ1) is 25.3. The number of benzene rings is 2. The van der Waals surface area contributed by atoms with Gasteiger partial charge in [0.05, 0.1) is 13.2 Å². The highest BCUT2D eigenvalue weighted by Gasteiger charge is 2.20. The zero-order chi connectivity index (χ0) is 24.8. The van der Waals surface area contributed by atoms with Crippen molar-refractivity contribution in [1.29, 1.82) is 0 Å². The summed E-state index contributed by atoms with van der Waals surface area (Å²) >= 11 is 0. The second kappa shape index (κ2) is 11.2. The van der Waals surface area contributed by atoms with Gasteiger partial charge in [-0.3, -0.25) is 4.99 Å². The maximum absolute atomic E-state index is 13.5. The average molecular weight is 463 g/mol. The van der Waals surface area contributed by atoms with E-state index in [1.165, 1.54) is 12.1 Å². The molecule has 3 rings (SSSR count). The fourth-order valence-electron chi connectivity index (χ4n) is 4.01. The molecular weight excluding hydrogens is 427 g/mol. The first-order valence-corrected chi connectivity index (χ1v) is 11.9. The van der Waals surface area contributed by atoms with E-state index in [2.05, 4.69) is 56.0 Å². The molecule has 0 amide bonds. The average Bonchev–Trinajstić information content (AvgIpc) is 2.84. The maximum atomic E-state index is 13.5. The second-order valence-corrected chi connectivity index (χ2v) is 8.88. The summed E-state index contributed by atoms with van der Waals surface area (Å²) in [5.74, 6) is 1.74. The molecule has 1 aromatic heterocycles. The van der Waals surface area contributed by atoms with Crippen molar-refractivity contribution < 1.29 is 9.13 Å². The topological polar surface area (TPSA) is 59.4 Å². The lowest BCUT2D eigenvalue weighted by Crippen LogP contribution is -2.32. The van der Waals surface area contributed by atoms with Crippen LogP contribution >= 0.6 is 0 Å². The van der Waals surface area contributed by atoms with Gasteiger partial charge in [0, 0.05) is 16.8 Å². The number of methoxy groups -OCH3 is 1. The Labute approximate surface area is 202 Å². The van der Waals surface area contributed by atoms with E-state index in [4.69, 9.17) is 9.73 Å². The Morgan fingerprint density at radius 1 is 1.09 bits per heavy atom. The number of fused-ring (bicyclic) bond motifs is 1. The number of ether oxygens (including phenoxy) is 1. The van der Waals surface area contributed by atoms with Crippen LogP contribution in [0.2, 0.25) is 0 Å². The molecule has 2 atom stereocenters. The number of rotatable bonds is 9. The zero-order valence-corrected chi connectivity index (χ0v) is 21.2. The lowest BCUT2D eigenvalue weighted by atomic mass is 9.96. The van der Waals surface area contributed by atoms with E-state index in [-0.39, 0.29) is 11.9 Å². The summed E-state index contributed by atoms with van der Waals surface area (Å²) in [6, 6.07) is 10.3. The minimum atomic E-state index is -0.269. The van der Waals surface area contributed by atoms with Gasteiger partial charge in [0.15, 0.2) is 0 Å². The minimum Gasteiger partial charge on any atom is -0.494 e. The highest BCUT2D eigenvalue weighted by molar-refractivity contribution is 5.99. The van der Waals surface area contributed by atoms with Crippen molar-refractivity contribution >= 4 is 22.4 Å².